The molecule has 0 heterocycles. The zero-order valence-electron chi connectivity index (χ0n) is 7.56. The highest BCUT2D eigenvalue weighted by Crippen LogP contribution is 2.40. The van der Waals surface area contributed by atoms with Crippen molar-refractivity contribution in [1.29, 1.82) is 5.26 Å². The molecule has 0 saturated carbocycles. The third-order valence-corrected chi connectivity index (χ3v) is 2.32. The summed E-state index contributed by atoms with van der Waals surface area (Å²) in [4.78, 5) is 0. The fraction of sp³-hybridized carbons (Fsp3) is 0.500. The fourth-order valence-corrected chi connectivity index (χ4v) is 1.25. The molecular weight excluding hydrogens is 153 g/mol. The molecule has 1 aliphatic carbocycles. The SMILES string of the molecule is CC1=CC(C#N)C(C)(C)C(F)=C1. The maximum atomic E-state index is 13.3. The van der Waals surface area contributed by atoms with Gasteiger partial charge >= 0.3 is 0 Å². The normalized spacial score (nSPS) is 27.1. The average molecular weight is 165 g/mol. The van der Waals surface area contributed by atoms with Gasteiger partial charge in [-0.25, -0.2) is 4.39 Å². The highest BCUT2D eigenvalue weighted by Gasteiger charge is 2.35. The quantitative estimate of drug-likeness (QED) is 0.541. The van der Waals surface area contributed by atoms with Crippen LogP contribution in [0.4, 0.5) is 4.39 Å². The number of nitrogens with zero attached hydrogens (tertiary/aromatic N) is 1. The molecule has 12 heavy (non-hydrogen) atoms. The molecule has 0 aromatic carbocycles. The lowest BCUT2D eigenvalue weighted by atomic mass is 9.74. The Morgan fingerprint density at radius 1 is 1.58 bits per heavy atom. The minimum Gasteiger partial charge on any atom is -0.211 e. The minimum atomic E-state index is -0.658. The zero-order valence-corrected chi connectivity index (χ0v) is 7.56. The van der Waals surface area contributed by atoms with Crippen LogP contribution in [0.1, 0.15) is 20.8 Å². The Labute approximate surface area is 72.2 Å². The van der Waals surface area contributed by atoms with E-state index in [1.165, 1.54) is 6.08 Å². The second-order valence-corrected chi connectivity index (χ2v) is 3.73. The minimum absolute atomic E-state index is 0.200. The van der Waals surface area contributed by atoms with Crippen LogP contribution in [-0.2, 0) is 0 Å². The molecule has 2 heteroatoms. The van der Waals surface area contributed by atoms with Crippen LogP contribution < -0.4 is 0 Å². The van der Waals surface area contributed by atoms with Gasteiger partial charge in [-0.2, -0.15) is 5.26 Å². The topological polar surface area (TPSA) is 23.8 Å². The van der Waals surface area contributed by atoms with Crippen LogP contribution in [0.3, 0.4) is 0 Å². The summed E-state index contributed by atoms with van der Waals surface area (Å²) in [5, 5.41) is 8.77. The summed E-state index contributed by atoms with van der Waals surface area (Å²) in [6.07, 6.45) is 3.30. The molecule has 1 unspecified atom stereocenters. The molecular formula is C10H12FN. The molecule has 0 radical (unpaired) electrons. The summed E-state index contributed by atoms with van der Waals surface area (Å²) >= 11 is 0. The van der Waals surface area contributed by atoms with E-state index in [1.54, 1.807) is 20.8 Å². The van der Waals surface area contributed by atoms with Crippen molar-refractivity contribution in [3.63, 3.8) is 0 Å². The first-order valence-corrected chi connectivity index (χ1v) is 3.94. The first-order chi connectivity index (χ1) is 5.48. The summed E-state index contributed by atoms with van der Waals surface area (Å²) in [7, 11) is 0. The van der Waals surface area contributed by atoms with Crippen molar-refractivity contribution in [2.24, 2.45) is 11.3 Å². The highest BCUT2D eigenvalue weighted by molar-refractivity contribution is 5.32. The largest absolute Gasteiger partial charge is 0.211 e. The molecule has 0 aliphatic heterocycles. The first-order valence-electron chi connectivity index (χ1n) is 3.94. The predicted octanol–water partition coefficient (Wildman–Crippen LogP) is 2.97. The summed E-state index contributed by atoms with van der Waals surface area (Å²) in [6, 6.07) is 2.10. The second kappa shape index (κ2) is 2.75. The van der Waals surface area contributed by atoms with Gasteiger partial charge in [-0.15, -0.1) is 0 Å². The number of halogens is 1. The molecule has 0 aromatic rings. The Bertz CT molecular complexity index is 291. The van der Waals surface area contributed by atoms with Crippen LogP contribution in [0.5, 0.6) is 0 Å². The van der Waals surface area contributed by atoms with E-state index in [0.717, 1.165) is 5.57 Å². The van der Waals surface area contributed by atoms with E-state index in [9.17, 15) is 4.39 Å². The van der Waals surface area contributed by atoms with Gasteiger partial charge in [0.05, 0.1) is 12.0 Å². The third-order valence-electron chi connectivity index (χ3n) is 2.32. The van der Waals surface area contributed by atoms with Crippen LogP contribution in [0.2, 0.25) is 0 Å². The van der Waals surface area contributed by atoms with E-state index < -0.39 is 5.41 Å². The van der Waals surface area contributed by atoms with Gasteiger partial charge in [0.25, 0.3) is 0 Å². The third kappa shape index (κ3) is 1.27. The summed E-state index contributed by atoms with van der Waals surface area (Å²) < 4.78 is 13.3. The first kappa shape index (κ1) is 8.99. The van der Waals surface area contributed by atoms with Crippen molar-refractivity contribution in [3.8, 4) is 6.07 Å². The van der Waals surface area contributed by atoms with Gasteiger partial charge < -0.3 is 0 Å². The van der Waals surface area contributed by atoms with Gasteiger partial charge in [0, 0.05) is 5.41 Å². The zero-order chi connectivity index (χ0) is 9.35. The van der Waals surface area contributed by atoms with E-state index in [0.29, 0.717) is 0 Å². The predicted molar refractivity (Wildman–Crippen MR) is 45.8 cm³/mol. The maximum Gasteiger partial charge on any atom is 0.107 e. The highest BCUT2D eigenvalue weighted by atomic mass is 19.1. The summed E-state index contributed by atoms with van der Waals surface area (Å²) in [5.74, 6) is -0.545. The average Bonchev–Trinajstić information content (AvgIpc) is 1.97. The van der Waals surface area contributed by atoms with Crippen molar-refractivity contribution in [3.05, 3.63) is 23.6 Å². The fourth-order valence-electron chi connectivity index (χ4n) is 1.25. The molecule has 1 aliphatic rings. The molecule has 0 saturated heterocycles. The molecule has 0 N–H and O–H groups in total. The summed E-state index contributed by atoms with van der Waals surface area (Å²) in [5.41, 5.74) is 0.173. The van der Waals surface area contributed by atoms with Gasteiger partial charge in [0.2, 0.25) is 0 Å². The van der Waals surface area contributed by atoms with Crippen LogP contribution in [-0.4, -0.2) is 0 Å². The number of hydrogen-bond donors (Lipinski definition) is 0. The second-order valence-electron chi connectivity index (χ2n) is 3.73. The van der Waals surface area contributed by atoms with E-state index in [4.69, 9.17) is 5.26 Å². The Hall–Kier alpha value is -1.10. The Kier molecular flexibility index (Phi) is 2.06. The molecule has 1 nitrogen and oxygen atoms in total. The van der Waals surface area contributed by atoms with Gasteiger partial charge in [0.15, 0.2) is 0 Å². The lowest BCUT2D eigenvalue weighted by molar-refractivity contribution is 0.297. The Balaban J connectivity index is 3.10. The monoisotopic (exact) mass is 165 g/mol. The van der Waals surface area contributed by atoms with E-state index >= 15 is 0 Å². The molecule has 0 spiro atoms. The van der Waals surface area contributed by atoms with E-state index in [-0.39, 0.29) is 11.7 Å². The molecule has 1 rings (SSSR count). The van der Waals surface area contributed by atoms with Crippen molar-refractivity contribution in [2.45, 2.75) is 20.8 Å². The Morgan fingerprint density at radius 2 is 2.17 bits per heavy atom. The van der Waals surface area contributed by atoms with Crippen LogP contribution in [0, 0.1) is 22.7 Å². The standard InChI is InChI=1S/C10H12FN/c1-7-4-8(6-12)10(2,3)9(11)5-7/h4-5,8H,1-3H3. The lowest BCUT2D eigenvalue weighted by Crippen LogP contribution is -2.24. The smallest absolute Gasteiger partial charge is 0.107 e. The van der Waals surface area contributed by atoms with Gasteiger partial charge in [0.1, 0.15) is 5.83 Å². The van der Waals surface area contributed by atoms with Crippen LogP contribution in [0.25, 0.3) is 0 Å². The van der Waals surface area contributed by atoms with Gasteiger partial charge in [-0.05, 0) is 13.0 Å². The van der Waals surface area contributed by atoms with Crippen molar-refractivity contribution in [1.82, 2.24) is 0 Å². The van der Waals surface area contributed by atoms with E-state index in [2.05, 4.69) is 6.07 Å². The van der Waals surface area contributed by atoms with Crippen molar-refractivity contribution < 1.29 is 4.39 Å². The van der Waals surface area contributed by atoms with Crippen LogP contribution >= 0.6 is 0 Å². The maximum absolute atomic E-state index is 13.3. The summed E-state index contributed by atoms with van der Waals surface area (Å²) in [6.45, 7) is 5.30. The number of nitriles is 1. The molecule has 0 amide bonds. The molecule has 0 aromatic heterocycles. The lowest BCUT2D eigenvalue weighted by Gasteiger charge is -2.29. The molecule has 1 atom stereocenters. The van der Waals surface area contributed by atoms with Gasteiger partial charge in [-0.1, -0.05) is 25.5 Å². The molecule has 0 fully saturated rings. The number of rotatable bonds is 0. The van der Waals surface area contributed by atoms with Crippen LogP contribution in [0.15, 0.2) is 23.6 Å². The number of allylic oxidation sites excluding steroid dienone is 4. The molecule has 64 valence electrons. The van der Waals surface area contributed by atoms with Crippen molar-refractivity contribution >= 4 is 0 Å². The Morgan fingerprint density at radius 3 is 2.67 bits per heavy atom. The van der Waals surface area contributed by atoms with Gasteiger partial charge in [-0.3, -0.25) is 0 Å². The van der Waals surface area contributed by atoms with E-state index in [1.807, 2.05) is 6.08 Å². The molecule has 0 bridgehead atoms. The number of hydrogen-bond acceptors (Lipinski definition) is 1. The van der Waals surface area contributed by atoms with Crippen molar-refractivity contribution in [2.75, 3.05) is 0 Å².